The van der Waals surface area contributed by atoms with Crippen LogP contribution in [0.15, 0.2) is 53.3 Å². The molecule has 1 unspecified atom stereocenters. The monoisotopic (exact) mass is 456 g/mol. The zero-order valence-corrected chi connectivity index (χ0v) is 19.4. The molecule has 2 aromatic carbocycles. The average molecular weight is 457 g/mol. The van der Waals surface area contributed by atoms with E-state index >= 15 is 0 Å². The molecule has 170 valence electrons. The second kappa shape index (κ2) is 10.3. The molecule has 0 bridgehead atoms. The minimum absolute atomic E-state index is 0.181. The summed E-state index contributed by atoms with van der Waals surface area (Å²) in [6, 6.07) is 14.4. The Morgan fingerprint density at radius 3 is 2.56 bits per heavy atom. The maximum atomic E-state index is 13.5. The van der Waals surface area contributed by atoms with E-state index in [1.54, 1.807) is 25.1 Å². The van der Waals surface area contributed by atoms with Crippen LogP contribution in [-0.2, 0) is 16.9 Å². The fourth-order valence-corrected chi connectivity index (χ4v) is 3.98. The van der Waals surface area contributed by atoms with Crippen LogP contribution in [0.4, 0.5) is 0 Å². The molecule has 0 saturated carbocycles. The van der Waals surface area contributed by atoms with Gasteiger partial charge in [0.1, 0.15) is 5.82 Å². The van der Waals surface area contributed by atoms with Crippen molar-refractivity contribution in [2.24, 2.45) is 0 Å². The molecule has 0 fully saturated rings. The van der Waals surface area contributed by atoms with Gasteiger partial charge in [0.05, 0.1) is 17.4 Å². The largest absolute Gasteiger partial charge is 0.480 e. The predicted molar refractivity (Wildman–Crippen MR) is 127 cm³/mol. The number of fused-ring (bicyclic) bond motifs is 1. The lowest BCUT2D eigenvalue weighted by molar-refractivity contribution is -0.146. The number of nitrogens with one attached hydrogen (secondary N) is 1. The second-order valence-corrected chi connectivity index (χ2v) is 8.56. The summed E-state index contributed by atoms with van der Waals surface area (Å²) in [6.45, 7) is 3.28. The molecule has 0 spiro atoms. The maximum absolute atomic E-state index is 13.5. The lowest BCUT2D eigenvalue weighted by Gasteiger charge is -2.31. The number of carboxylic acids is 1. The fourth-order valence-electron chi connectivity index (χ4n) is 3.81. The number of nitrogens with zero attached hydrogens (tertiary/aromatic N) is 3. The smallest absolute Gasteiger partial charge is 0.331 e. The van der Waals surface area contributed by atoms with Gasteiger partial charge in [-0.15, -0.1) is 0 Å². The third-order valence-corrected chi connectivity index (χ3v) is 5.82. The van der Waals surface area contributed by atoms with E-state index in [2.05, 4.69) is 5.32 Å². The summed E-state index contributed by atoms with van der Waals surface area (Å²) in [7, 11) is 3.94. The highest BCUT2D eigenvalue weighted by Gasteiger charge is 2.42. The highest BCUT2D eigenvalue weighted by Crippen LogP contribution is 2.26. The van der Waals surface area contributed by atoms with Gasteiger partial charge < -0.3 is 10.0 Å². The van der Waals surface area contributed by atoms with Gasteiger partial charge in [0.2, 0.25) is 0 Å². The van der Waals surface area contributed by atoms with Gasteiger partial charge in [0.25, 0.3) is 5.56 Å². The SMILES string of the molecule is CCC(NCCCN(C)C)(C(=O)O)c1nc2cc(Cl)ccc2c(=O)n1Cc1ccccc1. The standard InChI is InChI=1S/C24H29ClN4O3/c1-4-24(23(31)32,26-13-8-14-28(2)3)22-27-20-15-18(25)11-12-19(20)21(30)29(22)16-17-9-6-5-7-10-17/h5-7,9-12,15,26H,4,8,13-14,16H2,1-3H3,(H,31,32). The molecule has 3 rings (SSSR count). The summed E-state index contributed by atoms with van der Waals surface area (Å²) in [6.07, 6.45) is 0.974. The topological polar surface area (TPSA) is 87.5 Å². The van der Waals surface area contributed by atoms with E-state index in [-0.39, 0.29) is 24.3 Å². The van der Waals surface area contributed by atoms with Crippen molar-refractivity contribution in [3.05, 3.63) is 75.3 Å². The van der Waals surface area contributed by atoms with Gasteiger partial charge in [-0.2, -0.15) is 0 Å². The van der Waals surface area contributed by atoms with Crippen molar-refractivity contribution >= 4 is 28.5 Å². The molecular formula is C24H29ClN4O3. The summed E-state index contributed by atoms with van der Waals surface area (Å²) in [5.41, 5.74) is -0.541. The van der Waals surface area contributed by atoms with Crippen LogP contribution in [0.1, 0.15) is 31.2 Å². The zero-order chi connectivity index (χ0) is 23.3. The van der Waals surface area contributed by atoms with Crippen LogP contribution in [0.3, 0.4) is 0 Å². The summed E-state index contributed by atoms with van der Waals surface area (Å²) in [5.74, 6) is -0.888. The number of carboxylic acid groups (broad SMARTS) is 1. The molecule has 0 aliphatic rings. The molecule has 1 aromatic heterocycles. The van der Waals surface area contributed by atoms with E-state index in [4.69, 9.17) is 16.6 Å². The van der Waals surface area contributed by atoms with E-state index in [9.17, 15) is 14.7 Å². The summed E-state index contributed by atoms with van der Waals surface area (Å²) in [4.78, 5) is 32.9. The first-order chi connectivity index (χ1) is 15.3. The second-order valence-electron chi connectivity index (χ2n) is 8.12. The van der Waals surface area contributed by atoms with Crippen LogP contribution in [-0.4, -0.2) is 52.7 Å². The van der Waals surface area contributed by atoms with Crippen LogP contribution in [0.25, 0.3) is 10.9 Å². The van der Waals surface area contributed by atoms with Crippen LogP contribution in [0.2, 0.25) is 5.02 Å². The summed E-state index contributed by atoms with van der Waals surface area (Å²) in [5, 5.41) is 14.4. The van der Waals surface area contributed by atoms with Crippen LogP contribution >= 0.6 is 11.6 Å². The van der Waals surface area contributed by atoms with Crippen LogP contribution in [0.5, 0.6) is 0 Å². The molecule has 32 heavy (non-hydrogen) atoms. The fraction of sp³-hybridized carbons (Fsp3) is 0.375. The predicted octanol–water partition coefficient (Wildman–Crippen LogP) is 3.33. The third kappa shape index (κ3) is 5.01. The number of hydrogen-bond donors (Lipinski definition) is 2. The quantitative estimate of drug-likeness (QED) is 0.455. The van der Waals surface area contributed by atoms with Crippen molar-refractivity contribution in [3.8, 4) is 0 Å². The highest BCUT2D eigenvalue weighted by atomic mass is 35.5. The van der Waals surface area contributed by atoms with Gasteiger partial charge in [-0.25, -0.2) is 9.78 Å². The molecule has 0 radical (unpaired) electrons. The Morgan fingerprint density at radius 2 is 1.94 bits per heavy atom. The van der Waals surface area contributed by atoms with E-state index in [0.29, 0.717) is 22.5 Å². The number of carbonyl (C=O) groups is 1. The Labute approximate surface area is 192 Å². The van der Waals surface area contributed by atoms with E-state index in [0.717, 1.165) is 18.5 Å². The van der Waals surface area contributed by atoms with Crippen LogP contribution in [0, 0.1) is 0 Å². The Morgan fingerprint density at radius 1 is 1.22 bits per heavy atom. The Kier molecular flexibility index (Phi) is 7.66. The summed E-state index contributed by atoms with van der Waals surface area (Å²) >= 11 is 6.15. The van der Waals surface area contributed by atoms with E-state index < -0.39 is 11.5 Å². The van der Waals surface area contributed by atoms with Gasteiger partial charge in [0, 0.05) is 5.02 Å². The molecule has 0 saturated heterocycles. The Bertz CT molecular complexity index is 1150. The maximum Gasteiger partial charge on any atom is 0.331 e. The van der Waals surface area contributed by atoms with Gasteiger partial charge >= 0.3 is 5.97 Å². The first-order valence-corrected chi connectivity index (χ1v) is 11.0. The van der Waals surface area contributed by atoms with Crippen molar-refractivity contribution in [2.45, 2.75) is 31.8 Å². The zero-order valence-electron chi connectivity index (χ0n) is 18.6. The van der Waals surface area contributed by atoms with E-state index in [1.807, 2.05) is 49.3 Å². The Hall–Kier alpha value is -2.74. The van der Waals surface area contributed by atoms with Crippen molar-refractivity contribution in [1.82, 2.24) is 19.8 Å². The molecule has 1 heterocycles. The third-order valence-electron chi connectivity index (χ3n) is 5.59. The number of hydrogen-bond acceptors (Lipinski definition) is 5. The lowest BCUT2D eigenvalue weighted by Crippen LogP contribution is -2.53. The molecular weight excluding hydrogens is 428 g/mol. The number of benzene rings is 2. The molecule has 3 aromatic rings. The van der Waals surface area contributed by atoms with E-state index in [1.165, 1.54) is 4.57 Å². The molecule has 0 aliphatic carbocycles. The van der Waals surface area contributed by atoms with Crippen molar-refractivity contribution < 1.29 is 9.90 Å². The van der Waals surface area contributed by atoms with Crippen molar-refractivity contribution in [2.75, 3.05) is 27.2 Å². The van der Waals surface area contributed by atoms with Gasteiger partial charge in [-0.1, -0.05) is 48.9 Å². The molecule has 0 amide bonds. The highest BCUT2D eigenvalue weighted by molar-refractivity contribution is 6.31. The van der Waals surface area contributed by atoms with Gasteiger partial charge in [-0.3, -0.25) is 14.7 Å². The Balaban J connectivity index is 2.20. The molecule has 1 atom stereocenters. The number of aromatic nitrogens is 2. The van der Waals surface area contributed by atoms with Crippen molar-refractivity contribution in [3.63, 3.8) is 0 Å². The lowest BCUT2D eigenvalue weighted by atomic mass is 9.93. The normalized spacial score (nSPS) is 13.4. The number of rotatable bonds is 10. The molecule has 0 aliphatic heterocycles. The van der Waals surface area contributed by atoms with Crippen LogP contribution < -0.4 is 10.9 Å². The minimum Gasteiger partial charge on any atom is -0.480 e. The average Bonchev–Trinajstić information content (AvgIpc) is 2.76. The summed E-state index contributed by atoms with van der Waals surface area (Å²) < 4.78 is 1.47. The molecule has 7 nitrogen and oxygen atoms in total. The number of aliphatic carboxylic acids is 1. The molecule has 8 heteroatoms. The first kappa shape index (κ1) is 23.9. The molecule has 2 N–H and O–H groups in total. The van der Waals surface area contributed by atoms with Crippen molar-refractivity contribution in [1.29, 1.82) is 0 Å². The first-order valence-electron chi connectivity index (χ1n) is 10.7. The van der Waals surface area contributed by atoms with Gasteiger partial charge in [0.15, 0.2) is 5.54 Å². The number of halogens is 1. The van der Waals surface area contributed by atoms with Gasteiger partial charge in [-0.05, 0) is 63.8 Å². The minimum atomic E-state index is -1.52.